The van der Waals surface area contributed by atoms with Crippen molar-refractivity contribution in [2.45, 2.75) is 23.8 Å². The maximum Gasteiger partial charge on any atom is 0.339 e. The number of nitrogens with one attached hydrogen (secondary N) is 3. The Kier molecular flexibility index (Phi) is 7.98. The van der Waals surface area contributed by atoms with Crippen LogP contribution >= 0.6 is 0 Å². The fraction of sp³-hybridized carbons (Fsp3) is 0.440. The molecular weight excluding hydrogens is 512 g/mol. The van der Waals surface area contributed by atoms with E-state index in [-0.39, 0.29) is 28.7 Å². The Labute approximate surface area is 221 Å². The molecule has 204 valence electrons. The SMILES string of the molecule is O=C(NCCN1CCOCC1)Nc1nc2ccc(OS(=O)(=O)c3ccc(N4CCC(O)CC4)cc3)cc2[nH]1. The van der Waals surface area contributed by atoms with Gasteiger partial charge >= 0.3 is 16.1 Å². The van der Waals surface area contributed by atoms with Crippen LogP contribution in [0.2, 0.25) is 0 Å². The third-order valence-electron chi connectivity index (χ3n) is 6.66. The zero-order valence-corrected chi connectivity index (χ0v) is 21.7. The standard InChI is InChI=1S/C25H32N6O6S/c32-19-7-10-31(11-8-19)18-1-4-21(5-2-18)38(34,35)37-20-3-6-22-23(17-20)28-24(27-22)29-25(33)26-9-12-30-13-15-36-16-14-30/h1-6,17,19,32H,7-16H2,(H3,26,27,28,29,33). The molecule has 0 atom stereocenters. The molecule has 5 rings (SSSR count). The summed E-state index contributed by atoms with van der Waals surface area (Å²) in [6, 6.07) is 10.8. The van der Waals surface area contributed by atoms with Crippen molar-refractivity contribution < 1.29 is 27.2 Å². The highest BCUT2D eigenvalue weighted by atomic mass is 32.2. The molecule has 1 aromatic heterocycles. The maximum atomic E-state index is 12.9. The zero-order valence-electron chi connectivity index (χ0n) is 20.9. The smallest absolute Gasteiger partial charge is 0.339 e. The quantitative estimate of drug-likeness (QED) is 0.311. The van der Waals surface area contributed by atoms with Crippen molar-refractivity contribution in [3.8, 4) is 5.75 Å². The summed E-state index contributed by atoms with van der Waals surface area (Å²) in [7, 11) is -4.05. The highest BCUT2D eigenvalue weighted by Crippen LogP contribution is 2.26. The minimum absolute atomic E-state index is 0.0408. The van der Waals surface area contributed by atoms with Crippen LogP contribution in [0.1, 0.15) is 12.8 Å². The van der Waals surface area contributed by atoms with Crippen LogP contribution in [0, 0.1) is 0 Å². The molecule has 3 heterocycles. The number of aromatic amines is 1. The highest BCUT2D eigenvalue weighted by molar-refractivity contribution is 7.87. The number of ether oxygens (including phenoxy) is 1. The lowest BCUT2D eigenvalue weighted by Crippen LogP contribution is -2.42. The van der Waals surface area contributed by atoms with E-state index in [4.69, 9.17) is 8.92 Å². The van der Waals surface area contributed by atoms with E-state index in [1.807, 2.05) is 0 Å². The molecule has 38 heavy (non-hydrogen) atoms. The van der Waals surface area contributed by atoms with Gasteiger partial charge in [0.25, 0.3) is 0 Å². The van der Waals surface area contributed by atoms with E-state index in [0.29, 0.717) is 43.6 Å². The molecule has 2 aliphatic heterocycles. The largest absolute Gasteiger partial charge is 0.393 e. The average molecular weight is 545 g/mol. The first kappa shape index (κ1) is 26.2. The van der Waals surface area contributed by atoms with Crippen LogP contribution < -0.4 is 19.7 Å². The van der Waals surface area contributed by atoms with Crippen molar-refractivity contribution in [1.82, 2.24) is 20.2 Å². The van der Waals surface area contributed by atoms with Gasteiger partial charge in [-0.25, -0.2) is 9.78 Å². The Balaban J connectivity index is 1.17. The van der Waals surface area contributed by atoms with Crippen LogP contribution in [-0.2, 0) is 14.9 Å². The minimum atomic E-state index is -4.05. The van der Waals surface area contributed by atoms with Crippen molar-refractivity contribution in [3.05, 3.63) is 42.5 Å². The lowest BCUT2D eigenvalue weighted by molar-refractivity contribution is 0.0388. The number of urea groups is 1. The molecule has 0 saturated carbocycles. The van der Waals surface area contributed by atoms with Gasteiger partial charge in [-0.3, -0.25) is 10.2 Å². The Morgan fingerprint density at radius 1 is 1.11 bits per heavy atom. The lowest BCUT2D eigenvalue weighted by Gasteiger charge is -2.31. The van der Waals surface area contributed by atoms with Crippen LogP contribution in [0.5, 0.6) is 5.75 Å². The Morgan fingerprint density at radius 3 is 2.58 bits per heavy atom. The molecule has 0 bridgehead atoms. The van der Waals surface area contributed by atoms with Crippen molar-refractivity contribution in [2.75, 3.05) is 62.7 Å². The summed E-state index contributed by atoms with van der Waals surface area (Å²) in [6.07, 6.45) is 1.10. The summed E-state index contributed by atoms with van der Waals surface area (Å²) in [4.78, 5) is 23.9. The van der Waals surface area contributed by atoms with Gasteiger partial charge in [-0.15, -0.1) is 0 Å². The molecule has 13 heteroatoms. The summed E-state index contributed by atoms with van der Waals surface area (Å²) in [6.45, 7) is 5.78. The number of anilines is 2. The summed E-state index contributed by atoms with van der Waals surface area (Å²) < 4.78 is 36.4. The molecule has 4 N–H and O–H groups in total. The molecule has 2 aromatic carbocycles. The second kappa shape index (κ2) is 11.6. The number of rotatable bonds is 8. The zero-order chi connectivity index (χ0) is 26.5. The van der Waals surface area contributed by atoms with Crippen molar-refractivity contribution >= 4 is 38.8 Å². The number of benzene rings is 2. The Morgan fingerprint density at radius 2 is 1.84 bits per heavy atom. The number of carbonyl (C=O) groups excluding carboxylic acids is 1. The fourth-order valence-corrected chi connectivity index (χ4v) is 5.45. The van der Waals surface area contributed by atoms with Crippen molar-refractivity contribution in [1.29, 1.82) is 0 Å². The van der Waals surface area contributed by atoms with E-state index in [2.05, 4.69) is 30.4 Å². The first-order chi connectivity index (χ1) is 18.4. The van der Waals surface area contributed by atoms with E-state index < -0.39 is 10.1 Å². The van der Waals surface area contributed by atoms with E-state index >= 15 is 0 Å². The third kappa shape index (κ3) is 6.54. The number of piperidine rings is 1. The molecule has 0 unspecified atom stereocenters. The molecule has 0 spiro atoms. The van der Waals surface area contributed by atoms with Gasteiger partial charge in [0.2, 0.25) is 5.95 Å². The second-order valence-corrected chi connectivity index (χ2v) is 10.9. The number of hydrogen-bond acceptors (Lipinski definition) is 9. The van der Waals surface area contributed by atoms with Gasteiger partial charge in [0.05, 0.1) is 30.4 Å². The van der Waals surface area contributed by atoms with Crippen molar-refractivity contribution in [3.63, 3.8) is 0 Å². The van der Waals surface area contributed by atoms with Gasteiger partial charge in [-0.1, -0.05) is 0 Å². The molecule has 2 aliphatic rings. The number of hydrogen-bond donors (Lipinski definition) is 4. The van der Waals surface area contributed by atoms with Gasteiger partial charge in [-0.05, 0) is 49.2 Å². The number of fused-ring (bicyclic) bond motifs is 1. The molecular formula is C25H32N6O6S. The van der Waals surface area contributed by atoms with Crippen LogP contribution in [-0.4, -0.2) is 93.0 Å². The van der Waals surface area contributed by atoms with E-state index in [1.165, 1.54) is 24.3 Å². The highest BCUT2D eigenvalue weighted by Gasteiger charge is 2.20. The van der Waals surface area contributed by atoms with Gasteiger partial charge in [0.15, 0.2) is 0 Å². The predicted molar refractivity (Wildman–Crippen MR) is 142 cm³/mol. The molecule has 12 nitrogen and oxygen atoms in total. The maximum absolute atomic E-state index is 12.9. The summed E-state index contributed by atoms with van der Waals surface area (Å²) in [5, 5.41) is 15.1. The molecule has 2 fully saturated rings. The summed E-state index contributed by atoms with van der Waals surface area (Å²) >= 11 is 0. The number of carbonyl (C=O) groups is 1. The summed E-state index contributed by atoms with van der Waals surface area (Å²) in [5.41, 5.74) is 1.97. The van der Waals surface area contributed by atoms with Crippen LogP contribution in [0.3, 0.4) is 0 Å². The molecule has 3 aromatic rings. The van der Waals surface area contributed by atoms with Gasteiger partial charge in [-0.2, -0.15) is 8.42 Å². The molecule has 2 amide bonds. The number of amides is 2. The molecule has 0 aliphatic carbocycles. The van der Waals surface area contributed by atoms with Gasteiger partial charge < -0.3 is 29.2 Å². The number of morpholine rings is 1. The van der Waals surface area contributed by atoms with Crippen molar-refractivity contribution in [2.24, 2.45) is 0 Å². The number of aliphatic hydroxyl groups excluding tert-OH is 1. The lowest BCUT2D eigenvalue weighted by atomic mass is 10.1. The Hall–Kier alpha value is -3.39. The van der Waals surface area contributed by atoms with Gasteiger partial charge in [0, 0.05) is 51.0 Å². The third-order valence-corrected chi connectivity index (χ3v) is 7.92. The number of H-pyrrole nitrogens is 1. The number of imidazole rings is 1. The fourth-order valence-electron chi connectivity index (χ4n) is 4.53. The average Bonchev–Trinajstić information content (AvgIpc) is 3.31. The van der Waals surface area contributed by atoms with Crippen LogP contribution in [0.4, 0.5) is 16.4 Å². The normalized spacial score (nSPS) is 17.4. The number of aromatic nitrogens is 2. The van der Waals surface area contributed by atoms with E-state index in [0.717, 1.165) is 38.4 Å². The topological polar surface area (TPSA) is 149 Å². The summed E-state index contributed by atoms with van der Waals surface area (Å²) in [5.74, 6) is 0.362. The van der Waals surface area contributed by atoms with Crippen LogP contribution in [0.25, 0.3) is 11.0 Å². The van der Waals surface area contributed by atoms with Gasteiger partial charge in [0.1, 0.15) is 10.6 Å². The van der Waals surface area contributed by atoms with Crippen LogP contribution in [0.15, 0.2) is 47.4 Å². The first-order valence-corrected chi connectivity index (χ1v) is 14.1. The molecule has 0 radical (unpaired) electrons. The monoisotopic (exact) mass is 544 g/mol. The predicted octanol–water partition coefficient (Wildman–Crippen LogP) is 1.75. The first-order valence-electron chi connectivity index (χ1n) is 12.7. The van der Waals surface area contributed by atoms with E-state index in [1.54, 1.807) is 18.2 Å². The second-order valence-electron chi connectivity index (χ2n) is 9.35. The van der Waals surface area contributed by atoms with E-state index in [9.17, 15) is 18.3 Å². The molecule has 2 saturated heterocycles. The minimum Gasteiger partial charge on any atom is -0.393 e. The number of aliphatic hydroxyl groups is 1. The Bertz CT molecular complexity index is 1350. The number of nitrogens with zero attached hydrogens (tertiary/aromatic N) is 3.